The Bertz CT molecular complexity index is 4650. The highest BCUT2D eigenvalue weighted by atomic mass is 35.5. The van der Waals surface area contributed by atoms with Crippen LogP contribution in [0.4, 0.5) is 50.0 Å². The van der Waals surface area contributed by atoms with E-state index in [0.29, 0.717) is 18.5 Å². The van der Waals surface area contributed by atoms with Crippen LogP contribution >= 0.6 is 34.8 Å². The number of aryl methyl sites for hydroxylation is 1. The van der Waals surface area contributed by atoms with Crippen LogP contribution in [-0.4, -0.2) is 138 Å². The Kier molecular flexibility index (Phi) is 33.3. The van der Waals surface area contributed by atoms with Gasteiger partial charge in [-0.25, -0.2) is 4.79 Å². The molecule has 37 heteroatoms. The van der Waals surface area contributed by atoms with Gasteiger partial charge >= 0.3 is 30.6 Å². The number of carbonyl (C=O) groups is 2. The topological polar surface area (TPSA) is 161 Å². The van der Waals surface area contributed by atoms with Crippen molar-refractivity contribution in [3.05, 3.63) is 255 Å². The lowest BCUT2D eigenvalue weighted by Crippen LogP contribution is -2.63. The maximum Gasteiger partial charge on any atom is 0.417 e. The second-order valence-corrected chi connectivity index (χ2v) is 26.7. The van der Waals surface area contributed by atoms with Gasteiger partial charge in [-0.2, -0.15) is 54.5 Å². The van der Waals surface area contributed by atoms with Crippen LogP contribution in [0.25, 0.3) is 34.2 Å². The number of nitrogens with zero attached hydrogens (tertiary/aromatic N) is 7. The van der Waals surface area contributed by atoms with Gasteiger partial charge in [0.25, 0.3) is 16.7 Å². The molecule has 13 radical (unpaired) electrons. The van der Waals surface area contributed by atoms with Gasteiger partial charge in [0.05, 0.1) is 38.2 Å². The van der Waals surface area contributed by atoms with Gasteiger partial charge in [-0.15, -0.1) is 0 Å². The first-order valence-corrected chi connectivity index (χ1v) is 33.1. The minimum absolute atomic E-state index is 0. The molecule has 0 spiro atoms. The molecule has 0 bridgehead atoms. The quantitative estimate of drug-likeness (QED) is 0.0487. The molecule has 0 aliphatic heterocycles. The summed E-state index contributed by atoms with van der Waals surface area (Å²) < 4.78 is 135. The smallest absolute Gasteiger partial charge is 0.417 e. The minimum atomic E-state index is -4.69. The lowest BCUT2D eigenvalue weighted by atomic mass is 8.56. The highest BCUT2D eigenvalue weighted by Crippen LogP contribution is 2.42. The molecule has 3 heterocycles. The van der Waals surface area contributed by atoms with Crippen LogP contribution < -0.4 is 21.6 Å². The predicted molar refractivity (Wildman–Crippen MR) is 419 cm³/mol. The molecular weight excluding hydrogens is 1450 g/mol. The third-order valence-corrected chi connectivity index (χ3v) is 16.3. The van der Waals surface area contributed by atoms with E-state index in [9.17, 15) is 63.5 Å². The van der Waals surface area contributed by atoms with E-state index >= 15 is 0 Å². The third-order valence-electron chi connectivity index (χ3n) is 15.1. The molecule has 1 amide bonds. The summed E-state index contributed by atoms with van der Waals surface area (Å²) in [6.07, 6.45) is -12.3. The zero-order valence-electron chi connectivity index (χ0n) is 58.0. The maximum absolute atomic E-state index is 13.4. The van der Waals surface area contributed by atoms with E-state index in [0.717, 1.165) is 39.8 Å². The van der Waals surface area contributed by atoms with Crippen molar-refractivity contribution in [1.82, 2.24) is 28.7 Å². The number of rotatable bonds is 17. The molecule has 3 aromatic heterocycles. The monoisotopic (exact) mass is 1520 g/mol. The number of amides is 1. The second kappa shape index (κ2) is 39.1. The Hall–Kier alpha value is -8.35. The highest BCUT2D eigenvalue weighted by Gasteiger charge is 2.38. The van der Waals surface area contributed by atoms with Gasteiger partial charge in [-0.1, -0.05) is 166 Å². The molecule has 6 aromatic carbocycles. The van der Waals surface area contributed by atoms with Crippen molar-refractivity contribution in [3.8, 4) is 34.2 Å². The average Bonchev–Trinajstić information content (AvgIpc) is 0.786. The molecule has 9 rings (SSSR count). The zero-order chi connectivity index (χ0) is 78.3. The van der Waals surface area contributed by atoms with E-state index in [1.54, 1.807) is 64.4 Å². The molecule has 0 saturated heterocycles. The van der Waals surface area contributed by atoms with E-state index in [2.05, 4.69) is 15.0 Å². The average molecular weight is 1520 g/mol. The first kappa shape index (κ1) is 91.0. The Labute approximate surface area is 641 Å². The van der Waals surface area contributed by atoms with Gasteiger partial charge < -0.3 is 23.2 Å². The van der Waals surface area contributed by atoms with Crippen molar-refractivity contribution in [2.45, 2.75) is 126 Å². The van der Waals surface area contributed by atoms with E-state index in [1.807, 2.05) is 85.8 Å². The number of alkyl halides is 9. The Morgan fingerprint density at radius 2 is 0.804 bits per heavy atom. The minimum Gasteiger partial charge on any atom is -0.460 e. The van der Waals surface area contributed by atoms with Crippen molar-refractivity contribution in [1.29, 1.82) is 0 Å². The van der Waals surface area contributed by atoms with Crippen molar-refractivity contribution < 1.29 is 58.6 Å². The van der Waals surface area contributed by atoms with E-state index < -0.39 is 109 Å². The fraction of sp³-hybridized carbons (Fsp3) is 0.286. The van der Waals surface area contributed by atoms with Crippen molar-refractivity contribution >= 4 is 132 Å². The molecule has 0 atom stereocenters. The lowest BCUT2D eigenvalue weighted by molar-refractivity contribution is -0.154. The van der Waals surface area contributed by atoms with Crippen LogP contribution in [0.3, 0.4) is 0 Å². The maximum atomic E-state index is 13.4. The Morgan fingerprint density at radius 3 is 1.10 bits per heavy atom. The number of esters is 1. The summed E-state index contributed by atoms with van der Waals surface area (Å²) in [6.45, 7) is 12.7. The molecule has 0 fully saturated rings. The number of benzene rings is 6. The predicted octanol–water partition coefficient (Wildman–Crippen LogP) is 13.8. The van der Waals surface area contributed by atoms with Crippen LogP contribution in [0.1, 0.15) is 108 Å². The van der Waals surface area contributed by atoms with Gasteiger partial charge in [0, 0.05) is 152 Å². The summed E-state index contributed by atoms with van der Waals surface area (Å²) in [5, 5.41) is -1.60. The fourth-order valence-electron chi connectivity index (χ4n) is 10.1. The molecule has 0 saturated carbocycles. The summed E-state index contributed by atoms with van der Waals surface area (Å²) in [5.74, 6) is -0.603. The largest absolute Gasteiger partial charge is 0.460 e. The Morgan fingerprint density at radius 1 is 0.486 bits per heavy atom. The van der Waals surface area contributed by atoms with Crippen LogP contribution in [0.15, 0.2) is 179 Å². The Balaban J connectivity index is 0.000000315. The third kappa shape index (κ3) is 25.9. The molecule has 543 valence electrons. The van der Waals surface area contributed by atoms with Crippen molar-refractivity contribution in [3.63, 3.8) is 0 Å². The van der Waals surface area contributed by atoms with Crippen LogP contribution in [0.2, 0.25) is 15.1 Å². The molecule has 0 aliphatic rings. The fourth-order valence-corrected chi connectivity index (χ4v) is 11.1. The molecular formula is C70H69B11Cl3F9N7O7. The highest BCUT2D eigenvalue weighted by molar-refractivity contribution is 8.02. The number of halogens is 12. The van der Waals surface area contributed by atoms with Crippen LogP contribution in [0.5, 0.6) is 0 Å². The first-order valence-electron chi connectivity index (χ1n) is 32.0. The summed E-state index contributed by atoms with van der Waals surface area (Å²) in [6, 6.07) is 38.0. The molecule has 9 aromatic rings. The van der Waals surface area contributed by atoms with Crippen molar-refractivity contribution in [2.75, 3.05) is 11.9 Å². The molecule has 14 nitrogen and oxygen atoms in total. The second-order valence-electron chi connectivity index (χ2n) is 25.5. The summed E-state index contributed by atoms with van der Waals surface area (Å²) in [5.41, 5.74) is -3.63. The summed E-state index contributed by atoms with van der Waals surface area (Å²) >= 11 is 18.3. The van der Waals surface area contributed by atoms with E-state index in [-0.39, 0.29) is 86.2 Å². The molecule has 0 unspecified atom stereocenters. The number of hydrogen-bond donors (Lipinski definition) is 0. The standard InChI is InChI=1S/C24H23ClF3N3O3.C24H22ClF3N2O3.C20H16ClF3N2O.2CH4.B11/c1-23(2,3)34-22(33)30(4)18-14-31(13-15-9-6-5-7-10-15)20(29-21(18)32)16-11-8-12-17(19(16)25)24(26,27)28;1-23(2,3)33-19(31)12-16-14-30(13-15-8-5-4-6-9-15)21(29-22(16)32)17-10-7-11-18(20(17)25)24(26,27)28;1-2-14-12-26(11-13-7-4-3-5-8-13)18(25-19(14)27)15-9-6-10-16(17(15)21)20(22,23)24;;;1-7-10(6)11(8(2)3)9(4)5/h5-12,14H,13H2,1-4H3;4-11,14H,12-13H2,1-3H3;3-10,12H,2,11H2,1H3;2*1H4;. The number of aromatic nitrogens is 6. The van der Waals surface area contributed by atoms with Gasteiger partial charge in [-0.05, 0) is 101 Å². The number of carbonyl (C=O) groups excluding carboxylic acids is 2. The van der Waals surface area contributed by atoms with Gasteiger partial charge in [-0.3, -0.25) is 24.1 Å². The molecule has 0 N–H and O–H groups in total. The van der Waals surface area contributed by atoms with E-state index in [4.69, 9.17) is 90.7 Å². The number of hydrogen-bond acceptors (Lipinski definition) is 10. The van der Waals surface area contributed by atoms with Gasteiger partial charge in [0.1, 0.15) is 34.4 Å². The molecule has 107 heavy (non-hydrogen) atoms. The SMILES string of the molecule is C.C.CC(C)(C)OC(=O)Cc1cn(Cc2ccccc2)c(-c2cccc(C(F)(F)F)c2Cl)nc1=O.CCc1cn(Cc2ccccc2)c(-c2cccc(C(F)(F)F)c2Cl)nc1=O.CN(C(=O)OC(C)(C)C)c1cn(Cc2ccccc2)c(-c2cccc(C(F)(F)F)c2Cl)nc1=O.[B][B]B([B])B(B([B])[B])B([B])[B]. The normalized spacial score (nSPS) is 11.3. The number of anilines is 1. The first-order chi connectivity index (χ1) is 48.9. The summed E-state index contributed by atoms with van der Waals surface area (Å²) in [4.78, 5) is 75.8. The van der Waals surface area contributed by atoms with Crippen molar-refractivity contribution in [2.24, 2.45) is 0 Å². The zero-order valence-corrected chi connectivity index (χ0v) is 60.3. The number of ether oxygens (including phenoxy) is 2. The van der Waals surface area contributed by atoms with Crippen LogP contribution in [-0.2, 0) is 65.3 Å². The van der Waals surface area contributed by atoms with E-state index in [1.165, 1.54) is 72.0 Å². The lowest BCUT2D eigenvalue weighted by Gasteiger charge is -2.25. The van der Waals surface area contributed by atoms with Crippen LogP contribution in [0, 0.1) is 0 Å². The molecule has 0 aliphatic carbocycles. The van der Waals surface area contributed by atoms with Gasteiger partial charge in [0.2, 0.25) is 0 Å². The van der Waals surface area contributed by atoms with Gasteiger partial charge in [0.15, 0.2) is 0 Å². The summed E-state index contributed by atoms with van der Waals surface area (Å²) in [7, 11) is 34.8.